The van der Waals surface area contributed by atoms with E-state index in [1.165, 1.54) is 25.7 Å². The van der Waals surface area contributed by atoms with Crippen LogP contribution in [0.3, 0.4) is 0 Å². The second-order valence-corrected chi connectivity index (χ2v) is 6.58. The van der Waals surface area contributed by atoms with Crippen LogP contribution in [0.1, 0.15) is 67.2 Å². The summed E-state index contributed by atoms with van der Waals surface area (Å²) < 4.78 is 0. The normalized spacial score (nSPS) is 20.8. The van der Waals surface area contributed by atoms with Crippen molar-refractivity contribution in [2.75, 3.05) is 0 Å². The van der Waals surface area contributed by atoms with E-state index in [1.807, 2.05) is 0 Å². The molecule has 14 heavy (non-hydrogen) atoms. The Morgan fingerprint density at radius 1 is 0.929 bits per heavy atom. The predicted octanol–water partition coefficient (Wildman–Crippen LogP) is 4.89. The van der Waals surface area contributed by atoms with Crippen LogP contribution in [0.4, 0.5) is 0 Å². The van der Waals surface area contributed by atoms with Crippen LogP contribution in [0, 0.1) is 22.7 Å². The lowest BCUT2D eigenvalue weighted by atomic mass is 9.56. The van der Waals surface area contributed by atoms with Crippen LogP contribution in [0.25, 0.3) is 0 Å². The van der Waals surface area contributed by atoms with Gasteiger partial charge in [-0.25, -0.2) is 0 Å². The maximum absolute atomic E-state index is 2.49. The van der Waals surface area contributed by atoms with Gasteiger partial charge >= 0.3 is 0 Å². The highest BCUT2D eigenvalue weighted by Crippen LogP contribution is 2.53. The minimum absolute atomic E-state index is 0.460. The van der Waals surface area contributed by atoms with E-state index < -0.39 is 0 Å². The fraction of sp³-hybridized carbons (Fsp3) is 1.00. The molecule has 0 aromatic carbocycles. The molecule has 0 heterocycles. The lowest BCUT2D eigenvalue weighted by molar-refractivity contribution is 0.00208. The maximum atomic E-state index is 2.49. The van der Waals surface area contributed by atoms with Gasteiger partial charge in [0.25, 0.3) is 0 Å². The lowest BCUT2D eigenvalue weighted by Crippen LogP contribution is -2.41. The van der Waals surface area contributed by atoms with Crippen LogP contribution in [-0.4, -0.2) is 0 Å². The first-order valence-corrected chi connectivity index (χ1v) is 6.30. The number of rotatable bonds is 3. The van der Waals surface area contributed by atoms with Crippen molar-refractivity contribution in [3.05, 3.63) is 0 Å². The van der Waals surface area contributed by atoms with Crippen molar-refractivity contribution >= 4 is 0 Å². The van der Waals surface area contributed by atoms with Gasteiger partial charge in [0.15, 0.2) is 0 Å². The fourth-order valence-corrected chi connectivity index (χ4v) is 2.92. The molecule has 84 valence electrons. The Morgan fingerprint density at radius 3 is 1.71 bits per heavy atom. The van der Waals surface area contributed by atoms with Crippen LogP contribution < -0.4 is 0 Å². The third-order valence-electron chi connectivity index (χ3n) is 5.48. The van der Waals surface area contributed by atoms with Gasteiger partial charge in [-0.1, -0.05) is 54.4 Å². The van der Waals surface area contributed by atoms with Crippen molar-refractivity contribution in [3.63, 3.8) is 0 Å². The Labute approximate surface area is 90.5 Å². The molecule has 0 atom stereocenters. The van der Waals surface area contributed by atoms with E-state index in [2.05, 4.69) is 41.5 Å². The molecule has 1 rings (SSSR count). The highest BCUT2D eigenvalue weighted by molar-refractivity contribution is 4.94. The molecular formula is C14H28. The molecule has 0 heteroatoms. The standard InChI is InChI=1S/C14H28/c1-11(2)13(3,4)14(5,6)12-9-7-8-10-12/h11-12H,7-10H2,1-6H3. The minimum atomic E-state index is 0.460. The smallest absolute Gasteiger partial charge is 0.0272 e. The van der Waals surface area contributed by atoms with Gasteiger partial charge in [-0.3, -0.25) is 0 Å². The van der Waals surface area contributed by atoms with Crippen LogP contribution in [0.15, 0.2) is 0 Å². The molecule has 1 aliphatic carbocycles. The molecule has 0 N–H and O–H groups in total. The van der Waals surface area contributed by atoms with Gasteiger partial charge in [-0.05, 0) is 35.5 Å². The minimum Gasteiger partial charge on any atom is -0.0622 e. The zero-order chi connectivity index (χ0) is 11.0. The van der Waals surface area contributed by atoms with E-state index >= 15 is 0 Å². The van der Waals surface area contributed by atoms with Crippen molar-refractivity contribution < 1.29 is 0 Å². The molecule has 1 saturated carbocycles. The van der Waals surface area contributed by atoms with E-state index in [0.717, 1.165) is 11.8 Å². The summed E-state index contributed by atoms with van der Waals surface area (Å²) >= 11 is 0. The number of hydrogen-bond donors (Lipinski definition) is 0. The first kappa shape index (κ1) is 12.1. The molecule has 0 nitrogen and oxygen atoms in total. The lowest BCUT2D eigenvalue weighted by Gasteiger charge is -2.49. The van der Waals surface area contributed by atoms with Crippen LogP contribution in [-0.2, 0) is 0 Å². The summed E-state index contributed by atoms with van der Waals surface area (Å²) in [6, 6.07) is 0. The molecule has 0 aromatic rings. The Hall–Kier alpha value is 0. The Balaban J connectivity index is 2.81. The predicted molar refractivity (Wildman–Crippen MR) is 64.4 cm³/mol. The average molecular weight is 196 g/mol. The summed E-state index contributed by atoms with van der Waals surface area (Å²) in [5.41, 5.74) is 0.958. The summed E-state index contributed by atoms with van der Waals surface area (Å²) in [6.07, 6.45) is 5.84. The molecule has 0 bridgehead atoms. The van der Waals surface area contributed by atoms with E-state index in [9.17, 15) is 0 Å². The Kier molecular flexibility index (Phi) is 3.33. The largest absolute Gasteiger partial charge is 0.0622 e. The molecule has 0 amide bonds. The van der Waals surface area contributed by atoms with Crippen molar-refractivity contribution in [1.82, 2.24) is 0 Å². The van der Waals surface area contributed by atoms with Crippen LogP contribution in [0.2, 0.25) is 0 Å². The molecule has 0 saturated heterocycles. The second kappa shape index (κ2) is 3.87. The first-order valence-electron chi connectivity index (χ1n) is 6.30. The summed E-state index contributed by atoms with van der Waals surface area (Å²) in [5, 5.41) is 0. The molecule has 0 aromatic heterocycles. The van der Waals surface area contributed by atoms with Gasteiger partial charge in [0.1, 0.15) is 0 Å². The summed E-state index contributed by atoms with van der Waals surface area (Å²) in [5.74, 6) is 1.73. The third-order valence-corrected chi connectivity index (χ3v) is 5.48. The van der Waals surface area contributed by atoms with Crippen molar-refractivity contribution in [1.29, 1.82) is 0 Å². The van der Waals surface area contributed by atoms with E-state index in [-0.39, 0.29) is 0 Å². The highest BCUT2D eigenvalue weighted by atomic mass is 14.5. The third kappa shape index (κ3) is 1.85. The van der Waals surface area contributed by atoms with E-state index in [0.29, 0.717) is 10.8 Å². The molecule has 0 aliphatic heterocycles. The van der Waals surface area contributed by atoms with Crippen LogP contribution >= 0.6 is 0 Å². The SMILES string of the molecule is CC(C)C(C)(C)C(C)(C)C1CCCC1. The maximum Gasteiger partial charge on any atom is -0.0272 e. The Morgan fingerprint density at radius 2 is 1.36 bits per heavy atom. The van der Waals surface area contributed by atoms with Crippen molar-refractivity contribution in [2.45, 2.75) is 67.2 Å². The molecule has 0 radical (unpaired) electrons. The van der Waals surface area contributed by atoms with Crippen LogP contribution in [0.5, 0.6) is 0 Å². The monoisotopic (exact) mass is 196 g/mol. The number of hydrogen-bond acceptors (Lipinski definition) is 0. The first-order chi connectivity index (χ1) is 6.30. The summed E-state index contributed by atoms with van der Waals surface area (Å²) in [7, 11) is 0. The van der Waals surface area contributed by atoms with Crippen molar-refractivity contribution in [3.8, 4) is 0 Å². The second-order valence-electron chi connectivity index (χ2n) is 6.58. The molecular weight excluding hydrogens is 168 g/mol. The quantitative estimate of drug-likeness (QED) is 0.603. The van der Waals surface area contributed by atoms with Gasteiger partial charge in [-0.15, -0.1) is 0 Å². The molecule has 0 spiro atoms. The Bertz CT molecular complexity index is 180. The van der Waals surface area contributed by atoms with Crippen molar-refractivity contribution in [2.24, 2.45) is 22.7 Å². The molecule has 1 aliphatic rings. The van der Waals surface area contributed by atoms with Gasteiger partial charge in [-0.2, -0.15) is 0 Å². The fourth-order valence-electron chi connectivity index (χ4n) is 2.92. The van der Waals surface area contributed by atoms with Gasteiger partial charge in [0.2, 0.25) is 0 Å². The summed E-state index contributed by atoms with van der Waals surface area (Å²) in [6.45, 7) is 14.6. The zero-order valence-electron chi connectivity index (χ0n) is 11.0. The molecule has 0 unspecified atom stereocenters. The molecule has 1 fully saturated rings. The average Bonchev–Trinajstić information content (AvgIpc) is 2.55. The van der Waals surface area contributed by atoms with E-state index in [1.54, 1.807) is 0 Å². The summed E-state index contributed by atoms with van der Waals surface area (Å²) in [4.78, 5) is 0. The van der Waals surface area contributed by atoms with Gasteiger partial charge in [0.05, 0.1) is 0 Å². The zero-order valence-corrected chi connectivity index (χ0v) is 11.0. The topological polar surface area (TPSA) is 0 Å². The van der Waals surface area contributed by atoms with E-state index in [4.69, 9.17) is 0 Å². The highest BCUT2D eigenvalue weighted by Gasteiger charge is 2.45. The van der Waals surface area contributed by atoms with Gasteiger partial charge < -0.3 is 0 Å². The van der Waals surface area contributed by atoms with Gasteiger partial charge in [0, 0.05) is 0 Å².